The molecule has 0 aliphatic rings. The van der Waals surface area contributed by atoms with Crippen molar-refractivity contribution < 1.29 is 18.0 Å². The molecule has 0 aliphatic carbocycles. The van der Waals surface area contributed by atoms with Crippen LogP contribution in [0, 0.1) is 0 Å². The van der Waals surface area contributed by atoms with Gasteiger partial charge in [-0.05, 0) is 30.2 Å². The number of hydrogen-bond acceptors (Lipinski definition) is 2. The number of halogens is 3. The van der Waals surface area contributed by atoms with Crippen LogP contribution in [0.15, 0.2) is 67.0 Å². The highest BCUT2D eigenvalue weighted by molar-refractivity contribution is 5.93. The van der Waals surface area contributed by atoms with Gasteiger partial charge in [-0.25, -0.2) is 4.68 Å². The fourth-order valence-electron chi connectivity index (χ4n) is 2.59. The molecule has 26 heavy (non-hydrogen) atoms. The third kappa shape index (κ3) is 4.11. The van der Waals surface area contributed by atoms with Crippen LogP contribution >= 0.6 is 0 Å². The van der Waals surface area contributed by atoms with E-state index in [9.17, 15) is 18.0 Å². The first-order chi connectivity index (χ1) is 12.4. The Morgan fingerprint density at radius 3 is 2.46 bits per heavy atom. The van der Waals surface area contributed by atoms with Gasteiger partial charge < -0.3 is 5.32 Å². The molecule has 1 amide bonds. The Morgan fingerprint density at radius 1 is 1.04 bits per heavy atom. The Balaban J connectivity index is 1.61. The Hall–Kier alpha value is -3.09. The zero-order chi connectivity index (χ0) is 18.6. The maximum atomic E-state index is 13.0. The van der Waals surface area contributed by atoms with Crippen LogP contribution in [0.3, 0.4) is 0 Å². The molecule has 1 heterocycles. The number of amides is 1. The van der Waals surface area contributed by atoms with E-state index in [-0.39, 0.29) is 24.4 Å². The molecule has 1 aromatic heterocycles. The minimum absolute atomic E-state index is 0.0915. The molecule has 0 saturated heterocycles. The van der Waals surface area contributed by atoms with E-state index in [4.69, 9.17) is 0 Å². The van der Waals surface area contributed by atoms with Crippen molar-refractivity contribution in [3.05, 3.63) is 83.7 Å². The molecule has 1 N–H and O–H groups in total. The molecule has 0 fully saturated rings. The molecular formula is C19H16F3N3O. The third-order valence-corrected chi connectivity index (χ3v) is 3.87. The molecule has 0 atom stereocenters. The SMILES string of the molecule is O=C(NCCc1ccccc1C(F)(F)F)c1cnn(-c2ccccc2)c1. The number of carbonyl (C=O) groups excluding carboxylic acids is 1. The lowest BCUT2D eigenvalue weighted by Crippen LogP contribution is -2.26. The van der Waals surface area contributed by atoms with Crippen molar-refractivity contribution in [2.24, 2.45) is 0 Å². The molecule has 0 aliphatic heterocycles. The zero-order valence-corrected chi connectivity index (χ0v) is 13.7. The number of carbonyl (C=O) groups is 1. The van der Waals surface area contributed by atoms with Crippen LogP contribution in [-0.2, 0) is 12.6 Å². The minimum Gasteiger partial charge on any atom is -0.352 e. The smallest absolute Gasteiger partial charge is 0.352 e. The van der Waals surface area contributed by atoms with Gasteiger partial charge in [0.25, 0.3) is 5.91 Å². The third-order valence-electron chi connectivity index (χ3n) is 3.87. The summed E-state index contributed by atoms with van der Waals surface area (Å²) in [6, 6.07) is 14.7. The van der Waals surface area contributed by atoms with Gasteiger partial charge in [-0.3, -0.25) is 4.79 Å². The van der Waals surface area contributed by atoms with Crippen molar-refractivity contribution in [1.29, 1.82) is 0 Å². The predicted molar refractivity (Wildman–Crippen MR) is 91.0 cm³/mol. The van der Waals surface area contributed by atoms with E-state index in [1.54, 1.807) is 16.9 Å². The zero-order valence-electron chi connectivity index (χ0n) is 13.7. The Bertz CT molecular complexity index is 888. The highest BCUT2D eigenvalue weighted by Gasteiger charge is 2.32. The first-order valence-corrected chi connectivity index (χ1v) is 7.98. The second-order valence-corrected chi connectivity index (χ2v) is 5.67. The van der Waals surface area contributed by atoms with Crippen LogP contribution in [0.25, 0.3) is 5.69 Å². The van der Waals surface area contributed by atoms with Crippen molar-refractivity contribution in [3.8, 4) is 5.69 Å². The average molecular weight is 359 g/mol. The number of para-hydroxylation sites is 1. The van der Waals surface area contributed by atoms with Crippen LogP contribution in [0.1, 0.15) is 21.5 Å². The number of hydrogen-bond donors (Lipinski definition) is 1. The van der Waals surface area contributed by atoms with Crippen LogP contribution in [0.2, 0.25) is 0 Å². The van der Waals surface area contributed by atoms with Crippen molar-refractivity contribution in [3.63, 3.8) is 0 Å². The second-order valence-electron chi connectivity index (χ2n) is 5.67. The topological polar surface area (TPSA) is 46.9 Å². The molecule has 0 radical (unpaired) electrons. The van der Waals surface area contributed by atoms with Crippen LogP contribution in [0.5, 0.6) is 0 Å². The van der Waals surface area contributed by atoms with Crippen molar-refractivity contribution in [1.82, 2.24) is 15.1 Å². The summed E-state index contributed by atoms with van der Waals surface area (Å²) < 4.78 is 40.5. The Kier molecular flexibility index (Phi) is 5.06. The minimum atomic E-state index is -4.41. The molecule has 3 rings (SSSR count). The van der Waals surface area contributed by atoms with Gasteiger partial charge in [0.1, 0.15) is 0 Å². The standard InChI is InChI=1S/C19H16F3N3O/c20-19(21,22)17-9-5-4-6-14(17)10-11-23-18(26)15-12-24-25(13-15)16-7-2-1-3-8-16/h1-9,12-13H,10-11H2,(H,23,26). The summed E-state index contributed by atoms with van der Waals surface area (Å²) in [5.41, 5.74) is 0.634. The van der Waals surface area contributed by atoms with E-state index in [1.165, 1.54) is 18.3 Å². The lowest BCUT2D eigenvalue weighted by molar-refractivity contribution is -0.138. The summed E-state index contributed by atoms with van der Waals surface area (Å²) in [5, 5.41) is 6.76. The molecule has 0 unspecified atom stereocenters. The quantitative estimate of drug-likeness (QED) is 0.752. The summed E-state index contributed by atoms with van der Waals surface area (Å²) in [6.45, 7) is 0.0996. The highest BCUT2D eigenvalue weighted by Crippen LogP contribution is 2.31. The summed E-state index contributed by atoms with van der Waals surface area (Å²) in [4.78, 5) is 12.2. The Labute approximate surface area is 148 Å². The van der Waals surface area contributed by atoms with Crippen LogP contribution < -0.4 is 5.32 Å². The highest BCUT2D eigenvalue weighted by atomic mass is 19.4. The van der Waals surface area contributed by atoms with Gasteiger partial charge in [0.15, 0.2) is 0 Å². The van der Waals surface area contributed by atoms with E-state index in [0.717, 1.165) is 11.8 Å². The summed E-state index contributed by atoms with van der Waals surface area (Å²) in [7, 11) is 0. The molecule has 7 heteroatoms. The van der Waals surface area contributed by atoms with Gasteiger partial charge in [0.05, 0.1) is 23.0 Å². The fourth-order valence-corrected chi connectivity index (χ4v) is 2.59. The maximum absolute atomic E-state index is 13.0. The Morgan fingerprint density at radius 2 is 1.73 bits per heavy atom. The van der Waals surface area contributed by atoms with E-state index < -0.39 is 11.7 Å². The summed E-state index contributed by atoms with van der Waals surface area (Å²) in [5.74, 6) is -0.378. The molecule has 0 spiro atoms. The van der Waals surface area contributed by atoms with Gasteiger partial charge in [-0.15, -0.1) is 0 Å². The number of nitrogens with one attached hydrogen (secondary N) is 1. The number of alkyl halides is 3. The van der Waals surface area contributed by atoms with Crippen molar-refractivity contribution in [2.75, 3.05) is 6.54 Å². The summed E-state index contributed by atoms with van der Waals surface area (Å²) in [6.07, 6.45) is -1.31. The molecule has 0 bridgehead atoms. The first kappa shape index (κ1) is 17.7. The average Bonchev–Trinajstić information content (AvgIpc) is 3.12. The van der Waals surface area contributed by atoms with Gasteiger partial charge >= 0.3 is 6.18 Å². The number of aromatic nitrogens is 2. The van der Waals surface area contributed by atoms with E-state index in [2.05, 4.69) is 10.4 Å². The van der Waals surface area contributed by atoms with Crippen LogP contribution in [0.4, 0.5) is 13.2 Å². The summed E-state index contributed by atoms with van der Waals surface area (Å²) >= 11 is 0. The van der Waals surface area contributed by atoms with Crippen LogP contribution in [-0.4, -0.2) is 22.2 Å². The van der Waals surface area contributed by atoms with Crippen molar-refractivity contribution in [2.45, 2.75) is 12.6 Å². The normalized spacial score (nSPS) is 11.3. The fraction of sp³-hybridized carbons (Fsp3) is 0.158. The number of rotatable bonds is 5. The van der Waals surface area contributed by atoms with Gasteiger partial charge in [-0.1, -0.05) is 36.4 Å². The largest absolute Gasteiger partial charge is 0.416 e. The molecular weight excluding hydrogens is 343 g/mol. The van der Waals surface area contributed by atoms with Gasteiger partial charge in [0.2, 0.25) is 0 Å². The molecule has 2 aromatic carbocycles. The molecule has 4 nitrogen and oxygen atoms in total. The van der Waals surface area contributed by atoms with Gasteiger partial charge in [-0.2, -0.15) is 18.3 Å². The van der Waals surface area contributed by atoms with Crippen molar-refractivity contribution >= 4 is 5.91 Å². The molecule has 134 valence electrons. The lowest BCUT2D eigenvalue weighted by atomic mass is 10.0. The molecule has 0 saturated carbocycles. The lowest BCUT2D eigenvalue weighted by Gasteiger charge is -2.12. The van der Waals surface area contributed by atoms with E-state index in [0.29, 0.717) is 5.56 Å². The predicted octanol–water partition coefficient (Wildman–Crippen LogP) is 3.86. The number of nitrogens with zero attached hydrogens (tertiary/aromatic N) is 2. The second kappa shape index (κ2) is 7.43. The van der Waals surface area contributed by atoms with E-state index >= 15 is 0 Å². The number of benzene rings is 2. The van der Waals surface area contributed by atoms with Gasteiger partial charge in [0, 0.05) is 12.7 Å². The molecule has 3 aromatic rings. The maximum Gasteiger partial charge on any atom is 0.416 e. The monoisotopic (exact) mass is 359 g/mol. The van der Waals surface area contributed by atoms with E-state index in [1.807, 2.05) is 30.3 Å². The first-order valence-electron chi connectivity index (χ1n) is 7.98.